The SMILES string of the molecule is Cc1ccc(COc2c(F)cccc2CC(C)N)c(Cl)c1. The first-order valence-electron chi connectivity index (χ1n) is 6.88. The van der Waals surface area contributed by atoms with Gasteiger partial charge in [-0.2, -0.15) is 0 Å². The van der Waals surface area contributed by atoms with Gasteiger partial charge in [0.2, 0.25) is 0 Å². The van der Waals surface area contributed by atoms with Crippen molar-refractivity contribution in [1.82, 2.24) is 0 Å². The Morgan fingerprint density at radius 3 is 2.67 bits per heavy atom. The second-order valence-electron chi connectivity index (χ2n) is 5.29. The molecule has 2 nitrogen and oxygen atoms in total. The van der Waals surface area contributed by atoms with E-state index in [9.17, 15) is 4.39 Å². The van der Waals surface area contributed by atoms with Crippen LogP contribution in [0.15, 0.2) is 36.4 Å². The van der Waals surface area contributed by atoms with Gasteiger partial charge in [0, 0.05) is 16.6 Å². The van der Waals surface area contributed by atoms with Crippen molar-refractivity contribution in [1.29, 1.82) is 0 Å². The van der Waals surface area contributed by atoms with Crippen LogP contribution in [0.3, 0.4) is 0 Å². The van der Waals surface area contributed by atoms with E-state index in [1.807, 2.05) is 38.1 Å². The van der Waals surface area contributed by atoms with Crippen LogP contribution in [0.25, 0.3) is 0 Å². The van der Waals surface area contributed by atoms with E-state index in [2.05, 4.69) is 0 Å². The first-order valence-corrected chi connectivity index (χ1v) is 7.26. The summed E-state index contributed by atoms with van der Waals surface area (Å²) in [5.41, 5.74) is 8.47. The molecule has 0 aliphatic carbocycles. The summed E-state index contributed by atoms with van der Waals surface area (Å²) in [5, 5.41) is 0.625. The third-order valence-electron chi connectivity index (χ3n) is 3.17. The summed E-state index contributed by atoms with van der Waals surface area (Å²) in [6.07, 6.45) is 0.564. The van der Waals surface area contributed by atoms with Crippen LogP contribution < -0.4 is 10.5 Å². The monoisotopic (exact) mass is 307 g/mol. The number of hydrogen-bond donors (Lipinski definition) is 1. The molecule has 0 amide bonds. The Morgan fingerprint density at radius 2 is 2.00 bits per heavy atom. The van der Waals surface area contributed by atoms with Crippen molar-refractivity contribution in [3.05, 3.63) is 63.9 Å². The average Bonchev–Trinajstić information content (AvgIpc) is 2.39. The Hall–Kier alpha value is -1.58. The number of halogens is 2. The molecular weight excluding hydrogens is 289 g/mol. The molecule has 4 heteroatoms. The minimum Gasteiger partial charge on any atom is -0.485 e. The molecule has 1 atom stereocenters. The summed E-state index contributed by atoms with van der Waals surface area (Å²) in [6.45, 7) is 4.08. The highest BCUT2D eigenvalue weighted by Crippen LogP contribution is 2.26. The maximum atomic E-state index is 14.0. The second-order valence-corrected chi connectivity index (χ2v) is 5.70. The summed E-state index contributed by atoms with van der Waals surface area (Å²) < 4.78 is 19.6. The molecule has 2 aromatic rings. The highest BCUT2D eigenvalue weighted by Gasteiger charge is 2.12. The lowest BCUT2D eigenvalue weighted by Gasteiger charge is -2.14. The molecule has 2 N–H and O–H groups in total. The molecule has 0 saturated heterocycles. The van der Waals surface area contributed by atoms with Crippen molar-refractivity contribution in [3.63, 3.8) is 0 Å². The largest absolute Gasteiger partial charge is 0.485 e. The predicted octanol–water partition coefficient (Wildman–Crippen LogP) is 4.26. The number of aryl methyl sites for hydroxylation is 1. The molecular formula is C17H19ClFNO. The smallest absolute Gasteiger partial charge is 0.165 e. The van der Waals surface area contributed by atoms with Gasteiger partial charge in [-0.1, -0.05) is 35.9 Å². The Labute approximate surface area is 129 Å². The first kappa shape index (κ1) is 15.8. The van der Waals surface area contributed by atoms with Gasteiger partial charge in [0.05, 0.1) is 0 Å². The molecule has 0 spiro atoms. The van der Waals surface area contributed by atoms with Crippen molar-refractivity contribution in [2.45, 2.75) is 32.9 Å². The van der Waals surface area contributed by atoms with Crippen LogP contribution in [0.1, 0.15) is 23.6 Å². The van der Waals surface area contributed by atoms with Crippen LogP contribution in [0.5, 0.6) is 5.75 Å². The van der Waals surface area contributed by atoms with Crippen LogP contribution in [-0.4, -0.2) is 6.04 Å². The lowest BCUT2D eigenvalue weighted by Crippen LogP contribution is -2.18. The van der Waals surface area contributed by atoms with Gasteiger partial charge in [0.25, 0.3) is 0 Å². The van der Waals surface area contributed by atoms with E-state index in [4.69, 9.17) is 22.1 Å². The van der Waals surface area contributed by atoms with Crippen molar-refractivity contribution in [2.75, 3.05) is 0 Å². The summed E-state index contributed by atoms with van der Waals surface area (Å²) in [4.78, 5) is 0. The van der Waals surface area contributed by atoms with E-state index in [1.165, 1.54) is 6.07 Å². The number of benzene rings is 2. The van der Waals surface area contributed by atoms with E-state index in [1.54, 1.807) is 6.07 Å². The molecule has 21 heavy (non-hydrogen) atoms. The van der Waals surface area contributed by atoms with E-state index in [0.29, 0.717) is 11.4 Å². The standard InChI is InChI=1S/C17H19ClFNO/c1-11-6-7-14(15(18)8-11)10-21-17-13(9-12(2)20)4-3-5-16(17)19/h3-8,12H,9-10,20H2,1-2H3. The van der Waals surface area contributed by atoms with E-state index >= 15 is 0 Å². The number of nitrogens with two attached hydrogens (primary N) is 1. The van der Waals surface area contributed by atoms with E-state index in [-0.39, 0.29) is 24.2 Å². The van der Waals surface area contributed by atoms with Crippen molar-refractivity contribution < 1.29 is 9.13 Å². The van der Waals surface area contributed by atoms with Crippen LogP contribution in [-0.2, 0) is 13.0 Å². The summed E-state index contributed by atoms with van der Waals surface area (Å²) in [5.74, 6) is -0.122. The van der Waals surface area contributed by atoms with Gasteiger partial charge in [-0.15, -0.1) is 0 Å². The molecule has 0 saturated carbocycles. The zero-order valence-corrected chi connectivity index (χ0v) is 13.0. The zero-order chi connectivity index (χ0) is 15.4. The summed E-state index contributed by atoms with van der Waals surface area (Å²) in [7, 11) is 0. The third kappa shape index (κ3) is 4.19. The lowest BCUT2D eigenvalue weighted by molar-refractivity contribution is 0.286. The number of ether oxygens (including phenoxy) is 1. The van der Waals surface area contributed by atoms with Crippen LogP contribution >= 0.6 is 11.6 Å². The van der Waals surface area contributed by atoms with Gasteiger partial charge >= 0.3 is 0 Å². The van der Waals surface area contributed by atoms with Crippen molar-refractivity contribution >= 4 is 11.6 Å². The summed E-state index contributed by atoms with van der Waals surface area (Å²) in [6, 6.07) is 10.5. The molecule has 2 rings (SSSR count). The minimum atomic E-state index is -0.378. The molecule has 1 unspecified atom stereocenters. The molecule has 0 bridgehead atoms. The lowest BCUT2D eigenvalue weighted by atomic mass is 10.1. The topological polar surface area (TPSA) is 35.2 Å². The first-order chi connectivity index (χ1) is 9.97. The number of rotatable bonds is 5. The maximum absolute atomic E-state index is 14.0. The minimum absolute atomic E-state index is 0.0582. The van der Waals surface area contributed by atoms with Crippen LogP contribution in [0, 0.1) is 12.7 Å². The van der Waals surface area contributed by atoms with Gasteiger partial charge in [0.1, 0.15) is 6.61 Å². The van der Waals surface area contributed by atoms with Crippen molar-refractivity contribution in [3.8, 4) is 5.75 Å². The quantitative estimate of drug-likeness (QED) is 0.896. The van der Waals surface area contributed by atoms with Crippen molar-refractivity contribution in [2.24, 2.45) is 5.73 Å². The molecule has 0 aliphatic heterocycles. The number of hydrogen-bond acceptors (Lipinski definition) is 2. The van der Waals surface area contributed by atoms with Gasteiger partial charge in [-0.05, 0) is 43.5 Å². The third-order valence-corrected chi connectivity index (χ3v) is 3.52. The molecule has 112 valence electrons. The maximum Gasteiger partial charge on any atom is 0.165 e. The highest BCUT2D eigenvalue weighted by molar-refractivity contribution is 6.31. The fraction of sp³-hybridized carbons (Fsp3) is 0.294. The molecule has 2 aromatic carbocycles. The Morgan fingerprint density at radius 1 is 1.24 bits per heavy atom. The van der Waals surface area contributed by atoms with Gasteiger partial charge in [0.15, 0.2) is 11.6 Å². The normalized spacial score (nSPS) is 12.2. The van der Waals surface area contributed by atoms with E-state index < -0.39 is 0 Å². The van der Waals surface area contributed by atoms with Gasteiger partial charge in [-0.25, -0.2) is 4.39 Å². The molecule has 0 heterocycles. The molecule has 0 aliphatic rings. The Kier molecular flexibility index (Phi) is 5.21. The second kappa shape index (κ2) is 6.92. The number of para-hydroxylation sites is 1. The Bertz CT molecular complexity index is 628. The molecule has 0 radical (unpaired) electrons. The molecule has 0 aromatic heterocycles. The van der Waals surface area contributed by atoms with E-state index in [0.717, 1.165) is 16.7 Å². The molecule has 0 fully saturated rings. The summed E-state index contributed by atoms with van der Waals surface area (Å²) >= 11 is 6.17. The van der Waals surface area contributed by atoms with Gasteiger partial charge < -0.3 is 10.5 Å². The fourth-order valence-corrected chi connectivity index (χ4v) is 2.43. The fourth-order valence-electron chi connectivity index (χ4n) is 2.14. The predicted molar refractivity (Wildman–Crippen MR) is 84.3 cm³/mol. The van der Waals surface area contributed by atoms with Crippen LogP contribution in [0.2, 0.25) is 5.02 Å². The average molecular weight is 308 g/mol. The van der Waals surface area contributed by atoms with Gasteiger partial charge in [-0.3, -0.25) is 0 Å². The zero-order valence-electron chi connectivity index (χ0n) is 12.2. The van der Waals surface area contributed by atoms with Crippen LogP contribution in [0.4, 0.5) is 4.39 Å². The highest BCUT2D eigenvalue weighted by atomic mass is 35.5. The Balaban J connectivity index is 2.19.